The van der Waals surface area contributed by atoms with Crippen LogP contribution in [0.25, 0.3) is 16.7 Å². The maximum Gasteiger partial charge on any atom is 0.300 e. The number of aliphatic hydroxyl groups is 1. The minimum atomic E-state index is -0.891. The number of aliphatic hydroxyl groups excluding tert-OH is 1. The number of phenols is 1. The molecular weight excluding hydrogens is 404 g/mol. The highest BCUT2D eigenvalue weighted by Gasteiger charge is 2.48. The first-order valence-corrected chi connectivity index (χ1v) is 10.2. The molecule has 1 aliphatic heterocycles. The Morgan fingerprint density at radius 3 is 2.41 bits per heavy atom. The van der Waals surface area contributed by atoms with Crippen LogP contribution in [-0.2, 0) is 9.59 Å². The Balaban J connectivity index is 1.80. The Morgan fingerprint density at radius 2 is 1.62 bits per heavy atom. The van der Waals surface area contributed by atoms with Crippen molar-refractivity contribution in [2.45, 2.75) is 13.0 Å². The third-order valence-corrected chi connectivity index (χ3v) is 5.91. The summed E-state index contributed by atoms with van der Waals surface area (Å²) >= 11 is 0. The van der Waals surface area contributed by atoms with Gasteiger partial charge >= 0.3 is 0 Å². The lowest BCUT2D eigenvalue weighted by Crippen LogP contribution is -2.29. The lowest BCUT2D eigenvalue weighted by atomic mass is 9.92. The SMILES string of the molecule is Cc1ccccc1C1/C(=C(\O)c2c[nH]c3ccccc23)C(=O)C(=O)N1c1ccccc1O. The number of hydrogen-bond acceptors (Lipinski definition) is 4. The van der Waals surface area contributed by atoms with Crippen LogP contribution in [0.1, 0.15) is 22.7 Å². The summed E-state index contributed by atoms with van der Waals surface area (Å²) < 4.78 is 0. The highest BCUT2D eigenvalue weighted by Crippen LogP contribution is 2.45. The first-order valence-electron chi connectivity index (χ1n) is 10.2. The van der Waals surface area contributed by atoms with E-state index in [9.17, 15) is 19.8 Å². The minimum Gasteiger partial charge on any atom is -0.507 e. The molecule has 0 bridgehead atoms. The van der Waals surface area contributed by atoms with Crippen molar-refractivity contribution in [2.24, 2.45) is 0 Å². The average molecular weight is 424 g/mol. The minimum absolute atomic E-state index is 0.0164. The number of aromatic nitrogens is 1. The fourth-order valence-corrected chi connectivity index (χ4v) is 4.35. The molecule has 3 aromatic carbocycles. The highest BCUT2D eigenvalue weighted by molar-refractivity contribution is 6.52. The number of amides is 1. The normalized spacial score (nSPS) is 17.9. The average Bonchev–Trinajstić information content (AvgIpc) is 3.34. The quantitative estimate of drug-likeness (QED) is 0.250. The fourth-order valence-electron chi connectivity index (χ4n) is 4.35. The molecule has 2 heterocycles. The number of phenolic OH excluding ortho intramolecular Hbond substituents is 1. The van der Waals surface area contributed by atoms with E-state index in [4.69, 9.17) is 0 Å². The molecule has 6 heteroatoms. The number of ketones is 1. The topological polar surface area (TPSA) is 93.6 Å². The van der Waals surface area contributed by atoms with Crippen LogP contribution in [0.5, 0.6) is 5.75 Å². The zero-order chi connectivity index (χ0) is 22.4. The zero-order valence-electron chi connectivity index (χ0n) is 17.2. The van der Waals surface area contributed by atoms with E-state index in [-0.39, 0.29) is 22.8 Å². The predicted molar refractivity (Wildman–Crippen MR) is 122 cm³/mol. The van der Waals surface area contributed by atoms with Gasteiger partial charge in [-0.3, -0.25) is 14.5 Å². The number of para-hydroxylation sites is 3. The number of nitrogens with zero attached hydrogens (tertiary/aromatic N) is 1. The Labute approximate surface area is 184 Å². The molecule has 0 aliphatic carbocycles. The number of carbonyl (C=O) groups excluding carboxylic acids is 2. The molecule has 0 spiro atoms. The van der Waals surface area contributed by atoms with Gasteiger partial charge in [-0.2, -0.15) is 0 Å². The molecule has 32 heavy (non-hydrogen) atoms. The van der Waals surface area contributed by atoms with Gasteiger partial charge in [0.25, 0.3) is 11.7 Å². The first-order chi connectivity index (χ1) is 15.5. The Bertz CT molecular complexity index is 1420. The highest BCUT2D eigenvalue weighted by atomic mass is 16.3. The van der Waals surface area contributed by atoms with Gasteiger partial charge in [-0.25, -0.2) is 0 Å². The van der Waals surface area contributed by atoms with Crippen molar-refractivity contribution >= 4 is 34.0 Å². The molecule has 1 aliphatic rings. The van der Waals surface area contributed by atoms with Gasteiger partial charge in [-0.15, -0.1) is 0 Å². The van der Waals surface area contributed by atoms with Crippen molar-refractivity contribution in [1.82, 2.24) is 4.98 Å². The molecule has 1 fully saturated rings. The number of carbonyl (C=O) groups is 2. The van der Waals surface area contributed by atoms with Gasteiger partial charge < -0.3 is 15.2 Å². The van der Waals surface area contributed by atoms with Crippen LogP contribution in [0.2, 0.25) is 0 Å². The van der Waals surface area contributed by atoms with Crippen LogP contribution < -0.4 is 4.90 Å². The molecule has 1 saturated heterocycles. The molecule has 5 rings (SSSR count). The molecule has 158 valence electrons. The maximum absolute atomic E-state index is 13.3. The number of hydrogen-bond donors (Lipinski definition) is 3. The van der Waals surface area contributed by atoms with E-state index in [1.165, 1.54) is 11.0 Å². The van der Waals surface area contributed by atoms with E-state index in [0.29, 0.717) is 11.1 Å². The molecule has 1 aromatic heterocycles. The summed E-state index contributed by atoms with van der Waals surface area (Å²) in [6.45, 7) is 1.88. The molecule has 1 amide bonds. The second-order valence-electron chi connectivity index (χ2n) is 7.76. The number of nitrogens with one attached hydrogen (secondary N) is 1. The second kappa shape index (κ2) is 7.42. The summed E-state index contributed by atoms with van der Waals surface area (Å²) in [5.74, 6) is -1.99. The summed E-state index contributed by atoms with van der Waals surface area (Å²) in [5, 5.41) is 22.6. The summed E-state index contributed by atoms with van der Waals surface area (Å²) in [6.07, 6.45) is 1.63. The maximum atomic E-state index is 13.3. The Morgan fingerprint density at radius 1 is 0.938 bits per heavy atom. The number of fused-ring (bicyclic) bond motifs is 1. The van der Waals surface area contributed by atoms with Gasteiger partial charge in [0.05, 0.1) is 17.3 Å². The van der Waals surface area contributed by atoms with Crippen LogP contribution >= 0.6 is 0 Å². The largest absolute Gasteiger partial charge is 0.507 e. The van der Waals surface area contributed by atoms with Crippen LogP contribution in [0, 0.1) is 6.92 Å². The summed E-state index contributed by atoms with van der Waals surface area (Å²) in [4.78, 5) is 30.8. The van der Waals surface area contributed by atoms with Crippen LogP contribution in [0.4, 0.5) is 5.69 Å². The zero-order valence-corrected chi connectivity index (χ0v) is 17.2. The lowest BCUT2D eigenvalue weighted by Gasteiger charge is -2.27. The van der Waals surface area contributed by atoms with Gasteiger partial charge in [0.15, 0.2) is 0 Å². The molecule has 0 saturated carbocycles. The van der Waals surface area contributed by atoms with Crippen molar-refractivity contribution in [1.29, 1.82) is 0 Å². The number of anilines is 1. The summed E-state index contributed by atoms with van der Waals surface area (Å²) in [5.41, 5.74) is 2.98. The van der Waals surface area contributed by atoms with Crippen molar-refractivity contribution in [3.63, 3.8) is 0 Å². The number of H-pyrrole nitrogens is 1. The molecule has 3 N–H and O–H groups in total. The van der Waals surface area contributed by atoms with E-state index in [1.54, 1.807) is 24.4 Å². The molecule has 1 atom stereocenters. The second-order valence-corrected chi connectivity index (χ2v) is 7.76. The van der Waals surface area contributed by atoms with Crippen LogP contribution in [0.3, 0.4) is 0 Å². The summed E-state index contributed by atoms with van der Waals surface area (Å²) in [7, 11) is 0. The molecule has 1 unspecified atom stereocenters. The van der Waals surface area contributed by atoms with Gasteiger partial charge in [0.2, 0.25) is 0 Å². The Kier molecular flexibility index (Phi) is 4.56. The number of aryl methyl sites for hydroxylation is 1. The standard InChI is InChI=1S/C26H20N2O4/c1-15-8-2-3-9-16(15)23-22(24(30)18-14-27-19-11-5-4-10-17(18)19)25(31)26(32)28(23)20-12-6-7-13-21(20)29/h2-14,23,27,29-30H,1H3/b24-22+. The van der Waals surface area contributed by atoms with Crippen molar-refractivity contribution in [3.8, 4) is 5.75 Å². The number of Topliss-reactive ketones (excluding diaryl/α,β-unsaturated/α-hetero) is 1. The first kappa shape index (κ1) is 19.6. The molecule has 0 radical (unpaired) electrons. The fraction of sp³-hybridized carbons (Fsp3) is 0.0769. The number of rotatable bonds is 3. The third kappa shape index (κ3) is 2.88. The lowest BCUT2D eigenvalue weighted by molar-refractivity contribution is -0.132. The smallest absolute Gasteiger partial charge is 0.300 e. The van der Waals surface area contributed by atoms with Crippen molar-refractivity contribution in [2.75, 3.05) is 4.90 Å². The van der Waals surface area contributed by atoms with Crippen molar-refractivity contribution < 1.29 is 19.8 Å². The number of aromatic amines is 1. The van der Waals surface area contributed by atoms with Gasteiger partial charge in [-0.05, 0) is 36.2 Å². The number of benzene rings is 3. The van der Waals surface area contributed by atoms with Gasteiger partial charge in [0, 0.05) is 22.7 Å². The molecule has 4 aromatic rings. The van der Waals surface area contributed by atoms with E-state index >= 15 is 0 Å². The number of aromatic hydroxyl groups is 1. The predicted octanol–water partition coefficient (Wildman–Crippen LogP) is 4.81. The van der Waals surface area contributed by atoms with E-state index in [0.717, 1.165) is 16.5 Å². The summed E-state index contributed by atoms with van der Waals surface area (Å²) in [6, 6.07) is 20.3. The van der Waals surface area contributed by atoms with Gasteiger partial charge in [-0.1, -0.05) is 54.6 Å². The third-order valence-electron chi connectivity index (χ3n) is 5.91. The van der Waals surface area contributed by atoms with Gasteiger partial charge in [0.1, 0.15) is 11.5 Å². The monoisotopic (exact) mass is 424 g/mol. The molecular formula is C26H20N2O4. The van der Waals surface area contributed by atoms with E-state index in [1.807, 2.05) is 55.5 Å². The van der Waals surface area contributed by atoms with E-state index in [2.05, 4.69) is 4.98 Å². The Hall–Kier alpha value is -4.32. The van der Waals surface area contributed by atoms with Crippen LogP contribution in [0.15, 0.2) is 84.6 Å². The van der Waals surface area contributed by atoms with E-state index < -0.39 is 17.7 Å². The van der Waals surface area contributed by atoms with Crippen LogP contribution in [-0.4, -0.2) is 26.9 Å². The molecule has 6 nitrogen and oxygen atoms in total. The van der Waals surface area contributed by atoms with Crippen molar-refractivity contribution in [3.05, 3.63) is 101 Å².